The number of nitrogens with zero attached hydrogens (tertiary/aromatic N) is 1. The van der Waals surface area contributed by atoms with Crippen molar-refractivity contribution in [2.24, 2.45) is 4.99 Å². The van der Waals surface area contributed by atoms with Gasteiger partial charge in [0.05, 0.1) is 6.61 Å². The molecule has 1 saturated heterocycles. The second-order valence-electron chi connectivity index (χ2n) is 4.40. The molecule has 1 heterocycles. The van der Waals surface area contributed by atoms with Crippen molar-refractivity contribution in [2.75, 3.05) is 13.2 Å². The lowest BCUT2D eigenvalue weighted by Gasteiger charge is -2.06. The number of para-hydroxylation sites is 2. The highest BCUT2D eigenvalue weighted by atomic mass is 16.6. The predicted molar refractivity (Wildman–Crippen MR) is 75.4 cm³/mol. The first-order valence-electron chi connectivity index (χ1n) is 6.34. The Morgan fingerprint density at radius 2 is 1.84 bits per heavy atom. The molecule has 1 aliphatic rings. The Balaban J connectivity index is 1.73. The van der Waals surface area contributed by atoms with Gasteiger partial charge in [-0.15, -0.1) is 0 Å². The zero-order chi connectivity index (χ0) is 12.9. The van der Waals surface area contributed by atoms with Crippen LogP contribution in [0.5, 0.6) is 5.75 Å². The number of hydrogen-bond donors (Lipinski definition) is 0. The fourth-order valence-corrected chi connectivity index (χ4v) is 1.72. The molecule has 19 heavy (non-hydrogen) atoms. The SMILES string of the molecule is C(=Nc1ccccc1OCC1CO1)c1ccccc1. The second kappa shape index (κ2) is 5.67. The van der Waals surface area contributed by atoms with Gasteiger partial charge in [-0.1, -0.05) is 42.5 Å². The van der Waals surface area contributed by atoms with E-state index in [9.17, 15) is 0 Å². The lowest BCUT2D eigenvalue weighted by atomic mass is 10.2. The molecule has 0 N–H and O–H groups in total. The van der Waals surface area contributed by atoms with Gasteiger partial charge in [0, 0.05) is 6.21 Å². The van der Waals surface area contributed by atoms with Gasteiger partial charge in [0.15, 0.2) is 0 Å². The Hall–Kier alpha value is -2.13. The topological polar surface area (TPSA) is 34.1 Å². The first kappa shape index (κ1) is 11.9. The maximum absolute atomic E-state index is 5.71. The van der Waals surface area contributed by atoms with Crippen LogP contribution in [0.1, 0.15) is 5.56 Å². The monoisotopic (exact) mass is 253 g/mol. The molecule has 3 rings (SSSR count). The smallest absolute Gasteiger partial charge is 0.145 e. The molecule has 1 atom stereocenters. The van der Waals surface area contributed by atoms with Crippen molar-refractivity contribution in [3.63, 3.8) is 0 Å². The van der Waals surface area contributed by atoms with E-state index in [1.807, 2.05) is 60.8 Å². The van der Waals surface area contributed by atoms with Crippen molar-refractivity contribution in [1.82, 2.24) is 0 Å². The van der Waals surface area contributed by atoms with Gasteiger partial charge in [-0.3, -0.25) is 4.99 Å². The standard InChI is InChI=1S/C16H15NO2/c1-2-6-13(7-3-1)10-17-15-8-4-5-9-16(15)19-12-14-11-18-14/h1-10,14H,11-12H2. The third-order valence-corrected chi connectivity index (χ3v) is 2.84. The van der Waals surface area contributed by atoms with Crippen LogP contribution in [0.2, 0.25) is 0 Å². The average Bonchev–Trinajstić information content (AvgIpc) is 3.29. The summed E-state index contributed by atoms with van der Waals surface area (Å²) in [5, 5.41) is 0. The number of hydrogen-bond acceptors (Lipinski definition) is 3. The molecule has 96 valence electrons. The van der Waals surface area contributed by atoms with Crippen LogP contribution in [0.25, 0.3) is 0 Å². The fraction of sp³-hybridized carbons (Fsp3) is 0.188. The highest BCUT2D eigenvalue weighted by Crippen LogP contribution is 2.27. The number of epoxide rings is 1. The van der Waals surface area contributed by atoms with Gasteiger partial charge in [0.1, 0.15) is 24.1 Å². The maximum atomic E-state index is 5.71. The van der Waals surface area contributed by atoms with Crippen LogP contribution in [0.15, 0.2) is 59.6 Å². The van der Waals surface area contributed by atoms with Crippen LogP contribution in [-0.2, 0) is 4.74 Å². The molecule has 0 bridgehead atoms. The molecule has 3 heteroatoms. The third kappa shape index (κ3) is 3.42. The van der Waals surface area contributed by atoms with Crippen LogP contribution >= 0.6 is 0 Å². The number of benzene rings is 2. The Labute approximate surface area is 112 Å². The number of aliphatic imine (C=N–C) groups is 1. The molecule has 0 spiro atoms. The van der Waals surface area contributed by atoms with Gasteiger partial charge in [-0.05, 0) is 17.7 Å². The normalized spacial score (nSPS) is 17.6. The van der Waals surface area contributed by atoms with Crippen LogP contribution in [0.4, 0.5) is 5.69 Å². The molecule has 0 aliphatic carbocycles. The van der Waals surface area contributed by atoms with Crippen LogP contribution in [0, 0.1) is 0 Å². The van der Waals surface area contributed by atoms with Crippen molar-refractivity contribution in [3.05, 3.63) is 60.2 Å². The molecule has 1 fully saturated rings. The first-order valence-corrected chi connectivity index (χ1v) is 6.34. The molecule has 0 aromatic heterocycles. The highest BCUT2D eigenvalue weighted by Gasteiger charge is 2.23. The maximum Gasteiger partial charge on any atom is 0.145 e. The lowest BCUT2D eigenvalue weighted by molar-refractivity contribution is 0.264. The van der Waals surface area contributed by atoms with Crippen LogP contribution < -0.4 is 4.74 Å². The number of ether oxygens (including phenoxy) is 2. The van der Waals surface area contributed by atoms with E-state index in [0.29, 0.717) is 6.61 Å². The van der Waals surface area contributed by atoms with Crippen molar-refractivity contribution in [1.29, 1.82) is 0 Å². The van der Waals surface area contributed by atoms with Crippen molar-refractivity contribution in [3.8, 4) is 5.75 Å². The van der Waals surface area contributed by atoms with Gasteiger partial charge in [0.25, 0.3) is 0 Å². The molecule has 0 amide bonds. The molecule has 1 unspecified atom stereocenters. The Kier molecular flexibility index (Phi) is 3.56. The predicted octanol–water partition coefficient (Wildman–Crippen LogP) is 3.21. The van der Waals surface area contributed by atoms with E-state index in [1.165, 1.54) is 0 Å². The quantitative estimate of drug-likeness (QED) is 0.605. The largest absolute Gasteiger partial charge is 0.489 e. The summed E-state index contributed by atoms with van der Waals surface area (Å²) < 4.78 is 10.8. The van der Waals surface area contributed by atoms with E-state index in [-0.39, 0.29) is 6.10 Å². The molecule has 0 saturated carbocycles. The zero-order valence-corrected chi connectivity index (χ0v) is 10.5. The van der Waals surface area contributed by atoms with E-state index in [4.69, 9.17) is 9.47 Å². The Morgan fingerprint density at radius 3 is 2.63 bits per heavy atom. The van der Waals surface area contributed by atoms with E-state index in [0.717, 1.165) is 23.6 Å². The van der Waals surface area contributed by atoms with E-state index >= 15 is 0 Å². The number of rotatable bonds is 5. The Bertz CT molecular complexity index is 562. The van der Waals surface area contributed by atoms with Crippen molar-refractivity contribution in [2.45, 2.75) is 6.10 Å². The minimum atomic E-state index is 0.256. The zero-order valence-electron chi connectivity index (χ0n) is 10.5. The lowest BCUT2D eigenvalue weighted by Crippen LogP contribution is -2.03. The average molecular weight is 253 g/mol. The molecule has 2 aromatic carbocycles. The van der Waals surface area contributed by atoms with Gasteiger partial charge in [0.2, 0.25) is 0 Å². The summed E-state index contributed by atoms with van der Waals surface area (Å²) in [5.41, 5.74) is 1.91. The van der Waals surface area contributed by atoms with Gasteiger partial charge < -0.3 is 9.47 Å². The van der Waals surface area contributed by atoms with E-state index in [1.54, 1.807) is 0 Å². The molecular formula is C16H15NO2. The van der Waals surface area contributed by atoms with Crippen LogP contribution in [0.3, 0.4) is 0 Å². The van der Waals surface area contributed by atoms with Gasteiger partial charge in [-0.25, -0.2) is 0 Å². The molecule has 0 radical (unpaired) electrons. The fourth-order valence-electron chi connectivity index (χ4n) is 1.72. The minimum absolute atomic E-state index is 0.256. The summed E-state index contributed by atoms with van der Waals surface area (Å²) in [5.74, 6) is 0.796. The summed E-state index contributed by atoms with van der Waals surface area (Å²) in [6.45, 7) is 1.40. The van der Waals surface area contributed by atoms with Gasteiger partial charge in [-0.2, -0.15) is 0 Å². The first-order chi connectivity index (χ1) is 9.42. The van der Waals surface area contributed by atoms with Crippen LogP contribution in [-0.4, -0.2) is 25.5 Å². The van der Waals surface area contributed by atoms with Crippen molar-refractivity contribution < 1.29 is 9.47 Å². The summed E-state index contributed by atoms with van der Waals surface area (Å²) in [7, 11) is 0. The summed E-state index contributed by atoms with van der Waals surface area (Å²) in [4.78, 5) is 4.48. The minimum Gasteiger partial charge on any atom is -0.489 e. The summed E-state index contributed by atoms with van der Waals surface area (Å²) in [6, 6.07) is 17.8. The molecular weight excluding hydrogens is 238 g/mol. The summed E-state index contributed by atoms with van der Waals surface area (Å²) >= 11 is 0. The van der Waals surface area contributed by atoms with E-state index < -0.39 is 0 Å². The second-order valence-corrected chi connectivity index (χ2v) is 4.40. The molecule has 1 aliphatic heterocycles. The van der Waals surface area contributed by atoms with Gasteiger partial charge >= 0.3 is 0 Å². The van der Waals surface area contributed by atoms with Crippen molar-refractivity contribution >= 4 is 11.9 Å². The van der Waals surface area contributed by atoms with E-state index in [2.05, 4.69) is 4.99 Å². The molecule has 3 nitrogen and oxygen atoms in total. The summed E-state index contributed by atoms with van der Waals surface area (Å²) in [6.07, 6.45) is 2.10. The Morgan fingerprint density at radius 1 is 1.11 bits per heavy atom. The third-order valence-electron chi connectivity index (χ3n) is 2.84. The highest BCUT2D eigenvalue weighted by molar-refractivity contribution is 5.82. The molecule has 2 aromatic rings.